The van der Waals surface area contributed by atoms with E-state index in [1.54, 1.807) is 12.1 Å². The Morgan fingerprint density at radius 1 is 1.25 bits per heavy atom. The fraction of sp³-hybridized carbons (Fsp3) is 0.0714. The summed E-state index contributed by atoms with van der Waals surface area (Å²) in [5, 5.41) is 10.6. The number of oxazole rings is 1. The molecule has 0 bridgehead atoms. The number of nitrogens with zero attached hydrogens (tertiary/aromatic N) is 2. The second-order valence-corrected chi connectivity index (χ2v) is 5.31. The lowest BCUT2D eigenvalue weighted by molar-refractivity contribution is -0.384. The van der Waals surface area contributed by atoms with E-state index in [4.69, 9.17) is 4.42 Å². The van der Waals surface area contributed by atoms with Crippen LogP contribution in [0.3, 0.4) is 0 Å². The predicted molar refractivity (Wildman–Crippen MR) is 78.5 cm³/mol. The topological polar surface area (TPSA) is 69.2 Å². The molecule has 0 unspecified atom stereocenters. The second-order valence-electron chi connectivity index (χ2n) is 4.39. The Balaban J connectivity index is 2.10. The van der Waals surface area contributed by atoms with Crippen molar-refractivity contribution in [3.63, 3.8) is 0 Å². The van der Waals surface area contributed by atoms with Gasteiger partial charge in [0.25, 0.3) is 5.69 Å². The molecular formula is C14H9BrN2O3. The van der Waals surface area contributed by atoms with E-state index in [1.165, 1.54) is 12.1 Å². The lowest BCUT2D eigenvalue weighted by Crippen LogP contribution is -1.87. The van der Waals surface area contributed by atoms with Gasteiger partial charge in [0, 0.05) is 22.2 Å². The lowest BCUT2D eigenvalue weighted by Gasteiger charge is -1.95. The van der Waals surface area contributed by atoms with Crippen LogP contribution in [0.15, 0.2) is 45.3 Å². The van der Waals surface area contributed by atoms with Gasteiger partial charge in [-0.2, -0.15) is 0 Å². The summed E-state index contributed by atoms with van der Waals surface area (Å²) < 4.78 is 6.67. The minimum absolute atomic E-state index is 0.0452. The van der Waals surface area contributed by atoms with E-state index in [9.17, 15) is 10.1 Å². The van der Waals surface area contributed by atoms with Crippen molar-refractivity contribution >= 4 is 32.7 Å². The zero-order valence-corrected chi connectivity index (χ0v) is 12.0. The summed E-state index contributed by atoms with van der Waals surface area (Å²) >= 11 is 3.42. The fourth-order valence-electron chi connectivity index (χ4n) is 2.01. The highest BCUT2D eigenvalue weighted by Gasteiger charge is 2.12. The first-order chi connectivity index (χ1) is 9.54. The van der Waals surface area contributed by atoms with Gasteiger partial charge in [0.05, 0.1) is 4.92 Å². The van der Waals surface area contributed by atoms with Crippen molar-refractivity contribution in [1.82, 2.24) is 4.98 Å². The van der Waals surface area contributed by atoms with Crippen LogP contribution in [-0.2, 0) is 0 Å². The van der Waals surface area contributed by atoms with E-state index >= 15 is 0 Å². The Bertz CT molecular complexity index is 809. The summed E-state index contributed by atoms with van der Waals surface area (Å²) in [6.07, 6.45) is 0. The first kappa shape index (κ1) is 12.8. The number of nitro groups is 1. The molecule has 100 valence electrons. The summed E-state index contributed by atoms with van der Waals surface area (Å²) in [6, 6.07) is 9.97. The first-order valence-electron chi connectivity index (χ1n) is 5.86. The second kappa shape index (κ2) is 4.72. The molecule has 0 amide bonds. The number of hydrogen-bond donors (Lipinski definition) is 0. The van der Waals surface area contributed by atoms with Gasteiger partial charge >= 0.3 is 0 Å². The van der Waals surface area contributed by atoms with Crippen LogP contribution in [0.2, 0.25) is 0 Å². The number of nitro benzene ring substituents is 1. The maximum absolute atomic E-state index is 10.6. The quantitative estimate of drug-likeness (QED) is 0.512. The molecule has 0 fully saturated rings. The van der Waals surface area contributed by atoms with Gasteiger partial charge in [-0.15, -0.1) is 0 Å². The predicted octanol–water partition coefficient (Wildman–Crippen LogP) is 4.47. The van der Waals surface area contributed by atoms with Crippen LogP contribution in [0.25, 0.3) is 22.6 Å². The highest BCUT2D eigenvalue weighted by molar-refractivity contribution is 9.10. The lowest BCUT2D eigenvalue weighted by atomic mass is 10.2. The molecule has 1 aromatic heterocycles. The van der Waals surface area contributed by atoms with E-state index < -0.39 is 4.92 Å². The molecule has 0 aliphatic carbocycles. The molecule has 0 saturated heterocycles. The molecule has 2 aromatic carbocycles. The van der Waals surface area contributed by atoms with Gasteiger partial charge < -0.3 is 4.42 Å². The van der Waals surface area contributed by atoms with Crippen LogP contribution in [0.1, 0.15) is 5.56 Å². The van der Waals surface area contributed by atoms with Gasteiger partial charge in [-0.05, 0) is 36.8 Å². The third-order valence-electron chi connectivity index (χ3n) is 2.97. The molecule has 1 heterocycles. The van der Waals surface area contributed by atoms with Crippen molar-refractivity contribution in [2.75, 3.05) is 0 Å². The molecule has 0 N–H and O–H groups in total. The summed E-state index contributed by atoms with van der Waals surface area (Å²) in [4.78, 5) is 14.6. The normalized spacial score (nSPS) is 10.9. The number of aryl methyl sites for hydroxylation is 1. The highest BCUT2D eigenvalue weighted by Crippen LogP contribution is 2.29. The van der Waals surface area contributed by atoms with E-state index in [-0.39, 0.29) is 5.69 Å². The van der Waals surface area contributed by atoms with E-state index in [0.29, 0.717) is 11.5 Å². The average molecular weight is 333 g/mol. The molecule has 0 aliphatic heterocycles. The summed E-state index contributed by atoms with van der Waals surface area (Å²) in [6.45, 7) is 1.94. The van der Waals surface area contributed by atoms with Crippen LogP contribution < -0.4 is 0 Å². The maximum atomic E-state index is 10.6. The van der Waals surface area contributed by atoms with Gasteiger partial charge in [-0.25, -0.2) is 4.98 Å². The van der Waals surface area contributed by atoms with E-state index in [2.05, 4.69) is 20.9 Å². The van der Waals surface area contributed by atoms with E-state index in [0.717, 1.165) is 21.1 Å². The largest absolute Gasteiger partial charge is 0.436 e. The number of rotatable bonds is 2. The number of aromatic nitrogens is 1. The third-order valence-corrected chi connectivity index (χ3v) is 3.42. The third kappa shape index (κ3) is 2.18. The van der Waals surface area contributed by atoms with Crippen molar-refractivity contribution in [3.05, 3.63) is 56.5 Å². The SMILES string of the molecule is Cc1cc(Br)cc2nc(-c3ccc([N+](=O)[O-])cc3)oc12. The van der Waals surface area contributed by atoms with Gasteiger partial charge in [-0.1, -0.05) is 15.9 Å². The molecule has 0 atom stereocenters. The Morgan fingerprint density at radius 3 is 2.60 bits per heavy atom. The Morgan fingerprint density at radius 2 is 1.95 bits per heavy atom. The molecule has 3 aromatic rings. The molecule has 0 saturated carbocycles. The smallest absolute Gasteiger partial charge is 0.269 e. The number of non-ortho nitro benzene ring substituents is 1. The van der Waals surface area contributed by atoms with Crippen LogP contribution in [0, 0.1) is 17.0 Å². The van der Waals surface area contributed by atoms with Crippen molar-refractivity contribution < 1.29 is 9.34 Å². The van der Waals surface area contributed by atoms with Crippen molar-refractivity contribution in [1.29, 1.82) is 0 Å². The highest BCUT2D eigenvalue weighted by atomic mass is 79.9. The molecule has 0 aliphatic rings. The number of benzene rings is 2. The van der Waals surface area contributed by atoms with Crippen LogP contribution in [0.5, 0.6) is 0 Å². The van der Waals surface area contributed by atoms with E-state index in [1.807, 2.05) is 19.1 Å². The summed E-state index contributed by atoms with van der Waals surface area (Å²) in [5.74, 6) is 0.455. The van der Waals surface area contributed by atoms with Crippen LogP contribution in [-0.4, -0.2) is 9.91 Å². The number of hydrogen-bond acceptors (Lipinski definition) is 4. The standard InChI is InChI=1S/C14H9BrN2O3/c1-8-6-10(15)7-12-13(8)20-14(16-12)9-2-4-11(5-3-9)17(18)19/h2-7H,1H3. The molecule has 5 nitrogen and oxygen atoms in total. The van der Waals surface area contributed by atoms with Gasteiger partial charge in [-0.3, -0.25) is 10.1 Å². The Hall–Kier alpha value is -2.21. The molecule has 0 spiro atoms. The van der Waals surface area contributed by atoms with Crippen molar-refractivity contribution in [2.24, 2.45) is 0 Å². The maximum Gasteiger partial charge on any atom is 0.269 e. The molecule has 0 radical (unpaired) electrons. The van der Waals surface area contributed by atoms with Crippen molar-refractivity contribution in [2.45, 2.75) is 6.92 Å². The first-order valence-corrected chi connectivity index (χ1v) is 6.65. The summed E-state index contributed by atoms with van der Waals surface area (Å²) in [7, 11) is 0. The zero-order valence-electron chi connectivity index (χ0n) is 10.5. The fourth-order valence-corrected chi connectivity index (χ4v) is 2.57. The number of halogens is 1. The van der Waals surface area contributed by atoms with Crippen LogP contribution in [0.4, 0.5) is 5.69 Å². The Kier molecular flexibility index (Phi) is 3.02. The summed E-state index contributed by atoms with van der Waals surface area (Å²) in [5.41, 5.74) is 3.22. The van der Waals surface area contributed by atoms with Gasteiger partial charge in [0.2, 0.25) is 5.89 Å². The molecular weight excluding hydrogens is 324 g/mol. The minimum Gasteiger partial charge on any atom is -0.436 e. The monoisotopic (exact) mass is 332 g/mol. The Labute approximate surface area is 122 Å². The molecule has 6 heteroatoms. The molecule has 20 heavy (non-hydrogen) atoms. The van der Waals surface area contributed by atoms with Crippen LogP contribution >= 0.6 is 15.9 Å². The van der Waals surface area contributed by atoms with Gasteiger partial charge in [0.15, 0.2) is 5.58 Å². The number of fused-ring (bicyclic) bond motifs is 1. The minimum atomic E-state index is -0.433. The van der Waals surface area contributed by atoms with Crippen molar-refractivity contribution in [3.8, 4) is 11.5 Å². The molecule has 3 rings (SSSR count). The van der Waals surface area contributed by atoms with Gasteiger partial charge in [0.1, 0.15) is 5.52 Å². The zero-order chi connectivity index (χ0) is 14.3. The average Bonchev–Trinajstić information content (AvgIpc) is 2.83.